The van der Waals surface area contributed by atoms with E-state index in [1.165, 1.54) is 19.1 Å². The third-order valence-corrected chi connectivity index (χ3v) is 11.0. The highest BCUT2D eigenvalue weighted by molar-refractivity contribution is 7.99. The molecule has 1 fully saturated rings. The van der Waals surface area contributed by atoms with Crippen molar-refractivity contribution in [3.8, 4) is 23.0 Å². The van der Waals surface area contributed by atoms with E-state index in [1.807, 2.05) is 56.8 Å². The van der Waals surface area contributed by atoms with Crippen molar-refractivity contribution in [2.45, 2.75) is 26.2 Å². The van der Waals surface area contributed by atoms with Gasteiger partial charge in [0.15, 0.2) is 5.75 Å². The highest BCUT2D eigenvalue weighted by Crippen LogP contribution is 2.46. The number of rotatable bonds is 14. The molecule has 0 saturated carbocycles. The maximum atomic E-state index is 13.4. The molecule has 0 unspecified atom stereocenters. The quantitative estimate of drug-likeness (QED) is 0.0874. The molecule has 1 saturated heterocycles. The number of methoxy groups -OCH3 is 2. The van der Waals surface area contributed by atoms with E-state index in [4.69, 9.17) is 19.9 Å². The molecule has 4 aromatic carbocycles. The number of benzene rings is 4. The van der Waals surface area contributed by atoms with E-state index in [9.17, 15) is 18.0 Å². The summed E-state index contributed by atoms with van der Waals surface area (Å²) in [6.07, 6.45) is 2.66. The summed E-state index contributed by atoms with van der Waals surface area (Å²) in [5.41, 5.74) is 8.35. The lowest BCUT2D eigenvalue weighted by atomic mass is 9.86. The fourth-order valence-electron chi connectivity index (χ4n) is 6.63. The minimum absolute atomic E-state index is 0.122. The van der Waals surface area contributed by atoms with Gasteiger partial charge in [-0.15, -0.1) is 0 Å². The third-order valence-electron chi connectivity index (χ3n) is 9.49. The molecule has 0 bridgehead atoms. The van der Waals surface area contributed by atoms with Crippen LogP contribution in [-0.2, 0) is 15.4 Å². The Hall–Kier alpha value is -5.71. The Morgan fingerprint density at radius 1 is 0.914 bits per heavy atom. The van der Waals surface area contributed by atoms with Gasteiger partial charge in [-0.3, -0.25) is 19.3 Å². The lowest BCUT2D eigenvalue weighted by molar-refractivity contribution is 0.0946. The van der Waals surface area contributed by atoms with Crippen LogP contribution in [0.1, 0.15) is 36.7 Å². The largest absolute Gasteiger partial charge is 0.496 e. The summed E-state index contributed by atoms with van der Waals surface area (Å²) in [5.74, 6) is 4.03. The molecule has 0 atom stereocenters. The Balaban J connectivity index is 1.26. The monoisotopic (exact) mass is 827 g/mol. The minimum Gasteiger partial charge on any atom is -0.496 e. The number of hydrogen-bond acceptors (Lipinski definition) is 11. The van der Waals surface area contributed by atoms with Gasteiger partial charge in [-0.05, 0) is 53.4 Å². The number of aromatic nitrogens is 1. The van der Waals surface area contributed by atoms with E-state index in [-0.39, 0.29) is 23.0 Å². The van der Waals surface area contributed by atoms with Gasteiger partial charge in [0.05, 0.1) is 43.1 Å². The summed E-state index contributed by atoms with van der Waals surface area (Å²) < 4.78 is 45.1. The zero-order valence-corrected chi connectivity index (χ0v) is 35.1. The van der Waals surface area contributed by atoms with Crippen LogP contribution in [0.15, 0.2) is 85.1 Å². The molecule has 306 valence electrons. The predicted octanol–water partition coefficient (Wildman–Crippen LogP) is 7.45. The Labute approximate surface area is 343 Å². The third kappa shape index (κ3) is 10.0. The summed E-state index contributed by atoms with van der Waals surface area (Å²) in [6.45, 7) is 9.35. The molecule has 5 aromatic rings. The van der Waals surface area contributed by atoms with Crippen LogP contribution in [0.3, 0.4) is 0 Å². The highest BCUT2D eigenvalue weighted by Gasteiger charge is 2.28. The SMILES string of the molecule is COc1cc(Nc2cc(Oc3ccc(N(C(N)=O)c4cc(C(C)(C)C)cc(NS(C)(=O)=O)c4OC)c4ccccc34)ccn2)ccc1C(=O)NCCN1CCSCC1. The van der Waals surface area contributed by atoms with E-state index in [2.05, 4.69) is 25.2 Å². The van der Waals surface area contributed by atoms with Crippen molar-refractivity contribution >= 4 is 73.1 Å². The zero-order valence-electron chi connectivity index (χ0n) is 33.4. The number of anilines is 5. The molecule has 3 amide bonds. The molecular weight excluding hydrogens is 779 g/mol. The second kappa shape index (κ2) is 17.8. The van der Waals surface area contributed by atoms with Crippen molar-refractivity contribution in [1.29, 1.82) is 0 Å². The number of nitrogens with one attached hydrogen (secondary N) is 3. The summed E-state index contributed by atoms with van der Waals surface area (Å²) >= 11 is 1.95. The molecule has 1 aliphatic rings. The summed E-state index contributed by atoms with van der Waals surface area (Å²) in [5, 5.41) is 7.58. The van der Waals surface area contributed by atoms with E-state index < -0.39 is 21.5 Å². The Bertz CT molecular complexity index is 2420. The molecule has 5 N–H and O–H groups in total. The van der Waals surface area contributed by atoms with Crippen molar-refractivity contribution in [2.24, 2.45) is 5.73 Å². The Morgan fingerprint density at radius 2 is 1.66 bits per heavy atom. The van der Waals surface area contributed by atoms with E-state index >= 15 is 0 Å². The molecule has 0 aliphatic carbocycles. The number of nitrogens with zero attached hydrogens (tertiary/aromatic N) is 3. The highest BCUT2D eigenvalue weighted by atomic mass is 32.2. The van der Waals surface area contributed by atoms with Crippen LogP contribution in [0, 0.1) is 0 Å². The molecule has 1 aliphatic heterocycles. The van der Waals surface area contributed by atoms with Gasteiger partial charge in [0.25, 0.3) is 5.91 Å². The number of urea groups is 1. The maximum absolute atomic E-state index is 13.4. The standard InChI is InChI=1S/C42H49N7O7S2/c1-42(2,3)27-23-33(47-58(6,52)53)39(55-5)35(24-27)49(41(43)51)34-13-14-36(31-10-8-7-9-30(31)34)56-29-15-16-44-38(26-29)46-28-11-12-32(37(25-28)54-4)40(50)45-17-18-48-19-21-57-22-20-48/h7-16,23-26,47H,17-22H2,1-6H3,(H2,43,51)(H,44,46)(H,45,50). The van der Waals surface area contributed by atoms with Crippen molar-refractivity contribution in [1.82, 2.24) is 15.2 Å². The average molecular weight is 828 g/mol. The fraction of sp³-hybridized carbons (Fsp3) is 0.310. The molecule has 0 radical (unpaired) electrons. The van der Waals surface area contributed by atoms with Crippen LogP contribution in [-0.4, -0.2) is 88.4 Å². The maximum Gasteiger partial charge on any atom is 0.324 e. The van der Waals surface area contributed by atoms with Crippen molar-refractivity contribution < 1.29 is 32.2 Å². The van der Waals surface area contributed by atoms with Crippen molar-refractivity contribution in [3.05, 3.63) is 96.2 Å². The molecule has 0 spiro atoms. The number of fused-ring (bicyclic) bond motifs is 1. The van der Waals surface area contributed by atoms with Crippen LogP contribution in [0.4, 0.5) is 33.4 Å². The summed E-state index contributed by atoms with van der Waals surface area (Å²) in [6, 6.07) is 22.2. The Kier molecular flexibility index (Phi) is 12.9. The van der Waals surface area contributed by atoms with Crippen LogP contribution in [0.25, 0.3) is 10.8 Å². The number of pyridine rings is 1. The normalized spacial score (nSPS) is 13.4. The molecule has 16 heteroatoms. The van der Waals surface area contributed by atoms with Gasteiger partial charge in [-0.1, -0.05) is 45.0 Å². The lowest BCUT2D eigenvalue weighted by Gasteiger charge is -2.29. The van der Waals surface area contributed by atoms with Gasteiger partial charge < -0.3 is 30.6 Å². The average Bonchev–Trinajstić information content (AvgIpc) is 3.18. The van der Waals surface area contributed by atoms with E-state index in [1.54, 1.807) is 60.8 Å². The number of amides is 3. The number of carbonyl (C=O) groups excluding carboxylic acids is 2. The van der Waals surface area contributed by atoms with Crippen LogP contribution in [0.2, 0.25) is 0 Å². The topological polar surface area (TPSA) is 177 Å². The summed E-state index contributed by atoms with van der Waals surface area (Å²) in [7, 11) is -0.790. The van der Waals surface area contributed by atoms with Crippen molar-refractivity contribution in [3.63, 3.8) is 0 Å². The number of carbonyl (C=O) groups is 2. The number of ether oxygens (including phenoxy) is 3. The van der Waals surface area contributed by atoms with Gasteiger partial charge in [0.2, 0.25) is 10.0 Å². The number of thioether (sulfide) groups is 1. The fourth-order valence-corrected chi connectivity index (χ4v) is 8.16. The minimum atomic E-state index is -3.72. The molecule has 58 heavy (non-hydrogen) atoms. The van der Waals surface area contributed by atoms with E-state index in [0.29, 0.717) is 57.3 Å². The van der Waals surface area contributed by atoms with E-state index in [0.717, 1.165) is 43.0 Å². The number of primary amides is 1. The van der Waals surface area contributed by atoms with Gasteiger partial charge in [-0.2, -0.15) is 11.8 Å². The molecule has 14 nitrogen and oxygen atoms in total. The second-order valence-corrected chi connectivity index (χ2v) is 17.7. The first-order valence-corrected chi connectivity index (χ1v) is 21.7. The predicted molar refractivity (Wildman–Crippen MR) is 233 cm³/mol. The van der Waals surface area contributed by atoms with Crippen LogP contribution >= 0.6 is 11.8 Å². The first kappa shape index (κ1) is 41.9. The van der Waals surface area contributed by atoms with Gasteiger partial charge in [0, 0.05) is 72.5 Å². The summed E-state index contributed by atoms with van der Waals surface area (Å²) in [4.78, 5) is 34.6. The van der Waals surface area contributed by atoms with Gasteiger partial charge in [-0.25, -0.2) is 18.2 Å². The molecule has 1 aromatic heterocycles. The molecular formula is C42H49N7O7S2. The van der Waals surface area contributed by atoms with Crippen molar-refractivity contribution in [2.75, 3.05) is 73.1 Å². The molecule has 2 heterocycles. The van der Waals surface area contributed by atoms with Gasteiger partial charge in [0.1, 0.15) is 23.1 Å². The first-order valence-electron chi connectivity index (χ1n) is 18.6. The number of nitrogens with two attached hydrogens (primary N) is 1. The van der Waals surface area contributed by atoms with Crippen LogP contribution in [0.5, 0.6) is 23.0 Å². The smallest absolute Gasteiger partial charge is 0.324 e. The number of sulfonamides is 1. The van der Waals surface area contributed by atoms with Crippen LogP contribution < -0.4 is 40.2 Å². The molecule has 6 rings (SSSR count). The second-order valence-electron chi connectivity index (χ2n) is 14.7. The van der Waals surface area contributed by atoms with Gasteiger partial charge >= 0.3 is 6.03 Å². The zero-order chi connectivity index (χ0) is 41.6. The first-order chi connectivity index (χ1) is 27.6. The number of hydrogen-bond donors (Lipinski definition) is 4. The lowest BCUT2D eigenvalue weighted by Crippen LogP contribution is -2.39. The Morgan fingerprint density at radius 3 is 2.33 bits per heavy atom.